The lowest BCUT2D eigenvalue weighted by atomic mass is 10.2. The zero-order valence-corrected chi connectivity index (χ0v) is 7.86. The van der Waals surface area contributed by atoms with E-state index in [-0.39, 0.29) is 12.5 Å². The lowest BCUT2D eigenvalue weighted by Crippen LogP contribution is -2.43. The van der Waals surface area contributed by atoms with Gasteiger partial charge in [0.15, 0.2) is 0 Å². The summed E-state index contributed by atoms with van der Waals surface area (Å²) in [6.07, 6.45) is 1.66. The van der Waals surface area contributed by atoms with Gasteiger partial charge in [0, 0.05) is 13.1 Å². The number of carboxylic acids is 1. The van der Waals surface area contributed by atoms with Gasteiger partial charge in [0.05, 0.1) is 0 Å². The molecule has 0 aliphatic rings. The number of hydrogen-bond acceptors (Lipinski definition) is 3. The Hall–Kier alpha value is -1.10. The van der Waals surface area contributed by atoms with E-state index in [1.54, 1.807) is 6.41 Å². The molecule has 5 heteroatoms. The normalized spacial score (nSPS) is 12.6. The molecule has 0 heterocycles. The molecule has 1 unspecified atom stereocenters. The van der Waals surface area contributed by atoms with E-state index in [0.29, 0.717) is 6.54 Å². The first-order valence-electron chi connectivity index (χ1n) is 4.08. The topological polar surface area (TPSA) is 83.6 Å². The average molecular weight is 187 g/mol. The van der Waals surface area contributed by atoms with Crippen LogP contribution in [0.4, 0.5) is 0 Å². The summed E-state index contributed by atoms with van der Waals surface area (Å²) in [6.45, 7) is 4.34. The fourth-order valence-electron chi connectivity index (χ4n) is 0.905. The van der Waals surface area contributed by atoms with Gasteiger partial charge in [0.25, 0.3) is 0 Å². The van der Waals surface area contributed by atoms with Crippen LogP contribution >= 0.6 is 0 Å². The van der Waals surface area contributed by atoms with Crippen molar-refractivity contribution in [2.75, 3.05) is 13.1 Å². The third-order valence-electron chi connectivity index (χ3n) is 1.45. The maximum absolute atomic E-state index is 10.4. The van der Waals surface area contributed by atoms with E-state index in [2.05, 4.69) is 0 Å². The summed E-state index contributed by atoms with van der Waals surface area (Å²) in [7, 11) is 0. The Bertz CT molecular complexity index is 182. The number of nitrogens with two attached hydrogens (primary N) is 1. The fraction of sp³-hybridized carbons (Fsp3) is 0.750. The van der Waals surface area contributed by atoms with Crippen molar-refractivity contribution in [1.29, 1.82) is 0 Å². The van der Waals surface area contributed by atoms with E-state index in [9.17, 15) is 9.59 Å². The van der Waals surface area contributed by atoms with Gasteiger partial charge in [0.2, 0.25) is 0 Å². The van der Waals surface area contributed by atoms with Gasteiger partial charge in [0.1, 0.15) is 6.04 Å². The Morgan fingerprint density at radius 1 is 1.54 bits per heavy atom. The molecule has 5 nitrogen and oxygen atoms in total. The molecule has 1 amide bonds. The second kappa shape index (κ2) is 5.53. The molecule has 0 aromatic carbocycles. The lowest BCUT2D eigenvalue weighted by Gasteiger charge is -2.20. The number of amides is 1. The van der Waals surface area contributed by atoms with Crippen LogP contribution in [-0.4, -0.2) is 41.5 Å². The van der Waals surface area contributed by atoms with Gasteiger partial charge in [-0.2, -0.15) is 0 Å². The van der Waals surface area contributed by atoms with E-state index in [1.165, 1.54) is 4.90 Å². The highest BCUT2D eigenvalue weighted by atomic mass is 16.4. The molecule has 0 fully saturated rings. The molecule has 75 valence electrons. The molecular formula is C8H15N2O3. The smallest absolute Gasteiger partial charge is 0.322 e. The Labute approximate surface area is 77.5 Å². The summed E-state index contributed by atoms with van der Waals surface area (Å²) in [4.78, 5) is 22.0. The Kier molecular flexibility index (Phi) is 5.06. The van der Waals surface area contributed by atoms with E-state index >= 15 is 0 Å². The summed E-state index contributed by atoms with van der Waals surface area (Å²) in [6, 6.07) is -1.03. The van der Waals surface area contributed by atoms with Crippen molar-refractivity contribution in [1.82, 2.24) is 4.90 Å². The van der Waals surface area contributed by atoms with Crippen LogP contribution in [0.5, 0.6) is 0 Å². The molecule has 13 heavy (non-hydrogen) atoms. The first-order chi connectivity index (χ1) is 5.97. The zero-order chi connectivity index (χ0) is 10.4. The molecule has 0 spiro atoms. The average Bonchev–Trinajstić information content (AvgIpc) is 2.02. The Morgan fingerprint density at radius 2 is 2.08 bits per heavy atom. The first-order valence-corrected chi connectivity index (χ1v) is 4.08. The summed E-state index contributed by atoms with van der Waals surface area (Å²) >= 11 is 0. The molecule has 0 aliphatic heterocycles. The van der Waals surface area contributed by atoms with Gasteiger partial charge in [-0.25, -0.2) is 0 Å². The third kappa shape index (κ3) is 5.19. The summed E-state index contributed by atoms with van der Waals surface area (Å²) in [5, 5.41) is 8.48. The number of hydrogen-bond donors (Lipinski definition) is 2. The molecule has 1 radical (unpaired) electrons. The molecule has 0 saturated carbocycles. The van der Waals surface area contributed by atoms with Gasteiger partial charge in [-0.3, -0.25) is 9.59 Å². The highest BCUT2D eigenvalue weighted by Gasteiger charge is 2.16. The number of carboxylic acid groups (broad SMARTS) is 1. The predicted octanol–water partition coefficient (Wildman–Crippen LogP) is -0.576. The standard InChI is InChI=1S/C8H15N2O3/c1-6(2)3-10(5-11)4-7(9)8(12)13/h6-7H,3-4,9H2,1-2H3,(H,12,13). The largest absolute Gasteiger partial charge is 0.480 e. The van der Waals surface area contributed by atoms with Gasteiger partial charge < -0.3 is 15.7 Å². The molecule has 0 aliphatic carbocycles. The van der Waals surface area contributed by atoms with E-state index < -0.39 is 12.0 Å². The van der Waals surface area contributed by atoms with Crippen molar-refractivity contribution in [2.45, 2.75) is 19.9 Å². The number of rotatable bonds is 6. The van der Waals surface area contributed by atoms with Gasteiger partial charge in [-0.1, -0.05) is 13.8 Å². The SMILES string of the molecule is CC(C)CN([C]=O)CC(N)C(=O)O. The lowest BCUT2D eigenvalue weighted by molar-refractivity contribution is -0.138. The summed E-state index contributed by atoms with van der Waals surface area (Å²) < 4.78 is 0. The van der Waals surface area contributed by atoms with Crippen molar-refractivity contribution < 1.29 is 14.7 Å². The molecular weight excluding hydrogens is 172 g/mol. The molecule has 0 bridgehead atoms. The third-order valence-corrected chi connectivity index (χ3v) is 1.45. The Balaban J connectivity index is 3.97. The van der Waals surface area contributed by atoms with Crippen LogP contribution < -0.4 is 5.73 Å². The van der Waals surface area contributed by atoms with Crippen molar-refractivity contribution in [3.63, 3.8) is 0 Å². The maximum atomic E-state index is 10.4. The highest BCUT2D eigenvalue weighted by Crippen LogP contribution is 1.96. The van der Waals surface area contributed by atoms with Crippen LogP contribution in [0.3, 0.4) is 0 Å². The molecule has 3 N–H and O–H groups in total. The van der Waals surface area contributed by atoms with Gasteiger partial charge in [-0.15, -0.1) is 0 Å². The van der Waals surface area contributed by atoms with Crippen molar-refractivity contribution in [3.05, 3.63) is 0 Å². The summed E-state index contributed by atoms with van der Waals surface area (Å²) in [5.74, 6) is -0.827. The van der Waals surface area contributed by atoms with Crippen molar-refractivity contribution in [3.8, 4) is 0 Å². The van der Waals surface area contributed by atoms with Crippen LogP contribution in [0.25, 0.3) is 0 Å². The highest BCUT2D eigenvalue weighted by molar-refractivity contribution is 5.73. The monoisotopic (exact) mass is 187 g/mol. The number of carbonyl (C=O) groups is 1. The van der Waals surface area contributed by atoms with Crippen LogP contribution in [0.1, 0.15) is 13.8 Å². The Morgan fingerprint density at radius 3 is 2.38 bits per heavy atom. The number of nitrogens with zero attached hydrogens (tertiary/aromatic N) is 1. The van der Waals surface area contributed by atoms with Crippen LogP contribution in [0.2, 0.25) is 0 Å². The van der Waals surface area contributed by atoms with Gasteiger partial charge in [-0.05, 0) is 5.92 Å². The van der Waals surface area contributed by atoms with Crippen LogP contribution in [0, 0.1) is 5.92 Å². The maximum Gasteiger partial charge on any atom is 0.322 e. The van der Waals surface area contributed by atoms with Gasteiger partial charge >= 0.3 is 12.4 Å². The van der Waals surface area contributed by atoms with Crippen LogP contribution in [0.15, 0.2) is 0 Å². The van der Waals surface area contributed by atoms with Crippen molar-refractivity contribution >= 4 is 12.4 Å². The summed E-state index contributed by atoms with van der Waals surface area (Å²) in [5.41, 5.74) is 5.25. The minimum atomic E-state index is -1.11. The fourth-order valence-corrected chi connectivity index (χ4v) is 0.905. The molecule has 0 rings (SSSR count). The number of carbonyl (C=O) groups excluding carboxylic acids is 1. The zero-order valence-electron chi connectivity index (χ0n) is 7.86. The van der Waals surface area contributed by atoms with Crippen LogP contribution in [-0.2, 0) is 9.59 Å². The van der Waals surface area contributed by atoms with E-state index in [4.69, 9.17) is 10.8 Å². The predicted molar refractivity (Wildman–Crippen MR) is 47.7 cm³/mol. The molecule has 0 aromatic rings. The molecule has 1 atom stereocenters. The van der Waals surface area contributed by atoms with E-state index in [1.807, 2.05) is 13.8 Å². The minimum Gasteiger partial charge on any atom is -0.480 e. The molecule has 0 aromatic heterocycles. The van der Waals surface area contributed by atoms with E-state index in [0.717, 1.165) is 0 Å². The number of aliphatic carboxylic acids is 1. The molecule has 0 saturated heterocycles. The minimum absolute atomic E-state index is 0.0109. The first kappa shape index (κ1) is 11.9. The van der Waals surface area contributed by atoms with Crippen molar-refractivity contribution in [2.24, 2.45) is 11.7 Å². The second-order valence-electron chi connectivity index (χ2n) is 3.33. The second-order valence-corrected chi connectivity index (χ2v) is 3.33. The quantitative estimate of drug-likeness (QED) is 0.545.